The first-order valence-electron chi connectivity index (χ1n) is 18.8. The molecule has 0 spiro atoms. The molecular weight excluding hydrogens is 725 g/mol. The van der Waals surface area contributed by atoms with Crippen molar-refractivity contribution in [1.82, 2.24) is 40.4 Å². The molecule has 0 aliphatic carbocycles. The monoisotopic (exact) mass is 770 g/mol. The lowest BCUT2D eigenvalue weighted by atomic mass is 9.98. The Morgan fingerprint density at radius 1 is 0.737 bits per heavy atom. The smallest absolute Gasteiger partial charge is 0.407 e. The SMILES string of the molecule is C=C1C[C@@H](c2ncc(-c3ccc(-c4ccc5cc(-c6cnc([C@@H]7CC(=C)CN7C(=O)[C@@H](NC(=O)OC)C(C)C)[nH]6)ccc5c4)cc3)[nH]2)N(C(=O)CNC(=O)OC)C1. The maximum absolute atomic E-state index is 13.7. The summed E-state index contributed by atoms with van der Waals surface area (Å²) in [4.78, 5) is 69.6. The highest BCUT2D eigenvalue weighted by molar-refractivity contribution is 5.91. The topological polar surface area (TPSA) is 175 Å². The molecule has 0 unspecified atom stereocenters. The van der Waals surface area contributed by atoms with Gasteiger partial charge >= 0.3 is 12.2 Å². The van der Waals surface area contributed by atoms with Crippen molar-refractivity contribution in [2.24, 2.45) is 5.92 Å². The third kappa shape index (κ3) is 8.15. The van der Waals surface area contributed by atoms with E-state index in [-0.39, 0.29) is 36.4 Å². The maximum Gasteiger partial charge on any atom is 0.407 e. The van der Waals surface area contributed by atoms with Gasteiger partial charge in [0.2, 0.25) is 11.8 Å². The number of likely N-dealkylation sites (tertiary alicyclic amines) is 2. The van der Waals surface area contributed by atoms with Gasteiger partial charge < -0.3 is 39.9 Å². The van der Waals surface area contributed by atoms with Crippen LogP contribution in [0.2, 0.25) is 0 Å². The molecule has 3 atom stereocenters. The van der Waals surface area contributed by atoms with Gasteiger partial charge in [0.25, 0.3) is 0 Å². The Bertz CT molecular complexity index is 2360. The highest BCUT2D eigenvalue weighted by Gasteiger charge is 2.39. The zero-order chi connectivity index (χ0) is 40.4. The molecule has 4 heterocycles. The molecule has 0 bridgehead atoms. The summed E-state index contributed by atoms with van der Waals surface area (Å²) in [6.45, 7) is 12.6. The number of fused-ring (bicyclic) bond motifs is 1. The molecule has 0 saturated carbocycles. The third-order valence-electron chi connectivity index (χ3n) is 10.6. The summed E-state index contributed by atoms with van der Waals surface area (Å²) in [6.07, 6.45) is 3.40. The highest BCUT2D eigenvalue weighted by atomic mass is 16.5. The average molecular weight is 771 g/mol. The van der Waals surface area contributed by atoms with Crippen molar-refractivity contribution in [3.05, 3.63) is 109 Å². The van der Waals surface area contributed by atoms with E-state index < -0.39 is 18.2 Å². The van der Waals surface area contributed by atoms with Gasteiger partial charge in [0.1, 0.15) is 24.2 Å². The van der Waals surface area contributed by atoms with Gasteiger partial charge in [0, 0.05) is 18.7 Å². The number of nitrogens with zero attached hydrogens (tertiary/aromatic N) is 4. The van der Waals surface area contributed by atoms with Crippen LogP contribution in [-0.2, 0) is 19.1 Å². The number of methoxy groups -OCH3 is 2. The van der Waals surface area contributed by atoms with Crippen LogP contribution in [0.4, 0.5) is 9.59 Å². The van der Waals surface area contributed by atoms with E-state index in [4.69, 9.17) is 9.72 Å². The van der Waals surface area contributed by atoms with Gasteiger partial charge in [-0.25, -0.2) is 19.6 Å². The largest absolute Gasteiger partial charge is 0.453 e. The molecule has 14 heteroatoms. The Kier molecular flexibility index (Phi) is 11.0. The molecule has 4 N–H and O–H groups in total. The second kappa shape index (κ2) is 16.2. The molecule has 2 aliphatic rings. The van der Waals surface area contributed by atoms with Gasteiger partial charge in [-0.15, -0.1) is 0 Å². The number of benzene rings is 3. The predicted octanol–water partition coefficient (Wildman–Crippen LogP) is 6.68. The molecule has 2 fully saturated rings. The van der Waals surface area contributed by atoms with E-state index in [1.807, 2.05) is 26.0 Å². The molecule has 2 aliphatic heterocycles. The molecular formula is C43H46N8O6. The molecule has 3 aromatic carbocycles. The van der Waals surface area contributed by atoms with Gasteiger partial charge in [-0.3, -0.25) is 9.59 Å². The quantitative estimate of drug-likeness (QED) is 0.114. The van der Waals surface area contributed by atoms with Crippen LogP contribution in [0.15, 0.2) is 97.4 Å². The Labute approximate surface area is 330 Å². The lowest BCUT2D eigenvalue weighted by molar-refractivity contribution is -0.135. The first-order chi connectivity index (χ1) is 27.4. The van der Waals surface area contributed by atoms with E-state index >= 15 is 0 Å². The fraction of sp³-hybridized carbons (Fsp3) is 0.302. The van der Waals surface area contributed by atoms with E-state index in [2.05, 4.69) is 92.0 Å². The Morgan fingerprint density at radius 2 is 1.25 bits per heavy atom. The van der Waals surface area contributed by atoms with Crippen molar-refractivity contribution < 1.29 is 28.7 Å². The second-order valence-electron chi connectivity index (χ2n) is 14.8. The standard InChI is InChI=1S/C43H46N8O6/c1-24(2)38(49-43(55)57-6)41(53)51-23-26(4)16-36(51)40-45-20-34(48-40)32-14-13-30-17-29(11-12-31(30)18-32)27-7-9-28(10-8-27)33-19-44-39(47-33)35-15-25(3)22-50(35)37(52)21-46-42(54)56-5/h7-14,17-20,24,35-36,38H,3-4,15-16,21-23H2,1-2,5-6H3,(H,44,47)(H,45,48)(H,46,54)(H,49,55)/t35-,36-,38-/m0/s1. The highest BCUT2D eigenvalue weighted by Crippen LogP contribution is 2.37. The van der Waals surface area contributed by atoms with E-state index in [1.54, 1.807) is 22.2 Å². The minimum Gasteiger partial charge on any atom is -0.453 e. The summed E-state index contributed by atoms with van der Waals surface area (Å²) in [5.74, 6) is 0.729. The molecule has 5 aromatic rings. The fourth-order valence-corrected chi connectivity index (χ4v) is 7.52. The maximum atomic E-state index is 13.7. The number of H-pyrrole nitrogens is 2. The number of aromatic amines is 2. The summed E-state index contributed by atoms with van der Waals surface area (Å²) in [7, 11) is 2.53. The van der Waals surface area contributed by atoms with Crippen LogP contribution in [0, 0.1) is 5.92 Å². The first-order valence-corrected chi connectivity index (χ1v) is 18.8. The Morgan fingerprint density at radius 3 is 1.84 bits per heavy atom. The molecule has 2 saturated heterocycles. The molecule has 294 valence electrons. The molecule has 4 amide bonds. The number of carbonyl (C=O) groups is 4. The van der Waals surface area contributed by atoms with Crippen LogP contribution in [0.1, 0.15) is 50.4 Å². The van der Waals surface area contributed by atoms with E-state index in [1.165, 1.54) is 14.2 Å². The van der Waals surface area contributed by atoms with Crippen molar-refractivity contribution in [2.45, 2.75) is 44.8 Å². The van der Waals surface area contributed by atoms with Crippen LogP contribution in [-0.4, -0.2) is 93.6 Å². The van der Waals surface area contributed by atoms with Gasteiger partial charge in [-0.2, -0.15) is 0 Å². The van der Waals surface area contributed by atoms with Gasteiger partial charge in [-0.1, -0.05) is 86.7 Å². The van der Waals surface area contributed by atoms with Crippen LogP contribution >= 0.6 is 0 Å². The van der Waals surface area contributed by atoms with Crippen molar-refractivity contribution in [1.29, 1.82) is 0 Å². The van der Waals surface area contributed by atoms with E-state index in [0.29, 0.717) is 37.6 Å². The zero-order valence-electron chi connectivity index (χ0n) is 32.4. The average Bonchev–Trinajstić information content (AvgIpc) is 4.05. The number of nitrogens with one attached hydrogen (secondary N) is 4. The van der Waals surface area contributed by atoms with Crippen LogP contribution in [0.25, 0.3) is 44.4 Å². The van der Waals surface area contributed by atoms with Crippen molar-refractivity contribution >= 4 is 34.8 Å². The predicted molar refractivity (Wildman–Crippen MR) is 216 cm³/mol. The number of amides is 4. The summed E-state index contributed by atoms with van der Waals surface area (Å²) in [5, 5.41) is 7.28. The molecule has 7 rings (SSSR count). The third-order valence-corrected chi connectivity index (χ3v) is 10.6. The number of alkyl carbamates (subject to hydrolysis) is 2. The normalized spacial score (nSPS) is 17.3. The fourth-order valence-electron chi connectivity index (χ4n) is 7.52. The number of hydrogen-bond donors (Lipinski definition) is 4. The molecule has 14 nitrogen and oxygen atoms in total. The molecule has 0 radical (unpaired) electrons. The number of imidazole rings is 2. The summed E-state index contributed by atoms with van der Waals surface area (Å²) in [6, 6.07) is 19.5. The van der Waals surface area contributed by atoms with E-state index in [0.717, 1.165) is 55.6 Å². The Balaban J connectivity index is 1.04. The zero-order valence-corrected chi connectivity index (χ0v) is 32.4. The number of aromatic nitrogens is 4. The van der Waals surface area contributed by atoms with Crippen molar-refractivity contribution in [3.63, 3.8) is 0 Å². The number of ether oxygens (including phenoxy) is 2. The summed E-state index contributed by atoms with van der Waals surface area (Å²) < 4.78 is 9.35. The van der Waals surface area contributed by atoms with E-state index in [9.17, 15) is 19.2 Å². The van der Waals surface area contributed by atoms with Gasteiger partial charge in [-0.05, 0) is 58.4 Å². The lowest BCUT2D eigenvalue weighted by Crippen LogP contribution is -2.51. The van der Waals surface area contributed by atoms with Crippen LogP contribution in [0.5, 0.6) is 0 Å². The number of rotatable bonds is 10. The van der Waals surface area contributed by atoms with Crippen molar-refractivity contribution in [2.75, 3.05) is 33.9 Å². The summed E-state index contributed by atoms with van der Waals surface area (Å²) in [5.41, 5.74) is 7.54. The molecule has 2 aromatic heterocycles. The second-order valence-corrected chi connectivity index (χ2v) is 14.8. The Hall–Kier alpha value is -6.70. The summed E-state index contributed by atoms with van der Waals surface area (Å²) >= 11 is 0. The van der Waals surface area contributed by atoms with Crippen LogP contribution in [0.3, 0.4) is 0 Å². The molecule has 57 heavy (non-hydrogen) atoms. The van der Waals surface area contributed by atoms with Gasteiger partial charge in [0.05, 0.1) is 50.1 Å². The number of hydrogen-bond acceptors (Lipinski definition) is 8. The van der Waals surface area contributed by atoms with Gasteiger partial charge in [0.15, 0.2) is 0 Å². The number of carbonyl (C=O) groups excluding carboxylic acids is 4. The van der Waals surface area contributed by atoms with Crippen molar-refractivity contribution in [3.8, 4) is 33.6 Å². The van der Waals surface area contributed by atoms with Crippen LogP contribution < -0.4 is 10.6 Å². The minimum atomic E-state index is -0.742. The minimum absolute atomic E-state index is 0.145. The first kappa shape index (κ1) is 38.6. The lowest BCUT2D eigenvalue weighted by Gasteiger charge is -2.29.